The summed E-state index contributed by atoms with van der Waals surface area (Å²) in [4.78, 5) is 13.1. The van der Waals surface area contributed by atoms with E-state index in [1.165, 1.54) is 5.56 Å². The number of rotatable bonds is 4. The lowest BCUT2D eigenvalue weighted by molar-refractivity contribution is 0.392. The van der Waals surface area contributed by atoms with Crippen molar-refractivity contribution in [3.05, 3.63) is 66.4 Å². The Hall–Kier alpha value is -3.22. The molecule has 7 heteroatoms. The van der Waals surface area contributed by atoms with Gasteiger partial charge < -0.3 is 10.6 Å². The molecule has 7 nitrogen and oxygen atoms in total. The van der Waals surface area contributed by atoms with Crippen molar-refractivity contribution in [2.45, 2.75) is 32.0 Å². The Labute approximate surface area is 158 Å². The molecule has 0 radical (unpaired) electrons. The first-order valence-corrected chi connectivity index (χ1v) is 9.16. The average molecular weight is 361 g/mol. The second-order valence-corrected chi connectivity index (χ2v) is 6.58. The van der Waals surface area contributed by atoms with Crippen molar-refractivity contribution in [1.29, 1.82) is 0 Å². The molecule has 3 aromatic rings. The van der Waals surface area contributed by atoms with E-state index in [-0.39, 0.29) is 0 Å². The Morgan fingerprint density at radius 3 is 3.04 bits per heavy atom. The molecule has 0 saturated heterocycles. The van der Waals surface area contributed by atoms with Gasteiger partial charge in [0.2, 0.25) is 0 Å². The SMILES string of the molecule is CN=C(NCc1cccc(-c2ccccn2)c1)NC1CCc2ncnn2C1. The minimum atomic E-state index is 0.297. The van der Waals surface area contributed by atoms with Crippen LogP contribution in [0.4, 0.5) is 0 Å². The normalized spacial score (nSPS) is 16.6. The van der Waals surface area contributed by atoms with Crippen LogP contribution in [0.25, 0.3) is 11.3 Å². The number of benzene rings is 1. The van der Waals surface area contributed by atoms with E-state index in [1.807, 2.05) is 29.1 Å². The molecule has 0 spiro atoms. The van der Waals surface area contributed by atoms with Gasteiger partial charge in [-0.05, 0) is 30.2 Å². The summed E-state index contributed by atoms with van der Waals surface area (Å²) in [5.41, 5.74) is 3.28. The van der Waals surface area contributed by atoms with Gasteiger partial charge in [0.1, 0.15) is 12.2 Å². The summed E-state index contributed by atoms with van der Waals surface area (Å²) >= 11 is 0. The molecule has 3 heterocycles. The van der Waals surface area contributed by atoms with E-state index in [9.17, 15) is 0 Å². The number of aliphatic imine (C=N–C) groups is 1. The van der Waals surface area contributed by atoms with Gasteiger partial charge in [-0.1, -0.05) is 24.3 Å². The van der Waals surface area contributed by atoms with Gasteiger partial charge in [0.05, 0.1) is 12.2 Å². The third kappa shape index (κ3) is 4.13. The zero-order valence-electron chi connectivity index (χ0n) is 15.3. The Balaban J connectivity index is 1.36. The Bertz CT molecular complexity index is 917. The molecule has 1 atom stereocenters. The fourth-order valence-electron chi connectivity index (χ4n) is 3.30. The second kappa shape index (κ2) is 7.99. The van der Waals surface area contributed by atoms with Crippen molar-refractivity contribution >= 4 is 5.96 Å². The van der Waals surface area contributed by atoms with Gasteiger partial charge in [-0.3, -0.25) is 9.98 Å². The average Bonchev–Trinajstić information content (AvgIpc) is 3.20. The van der Waals surface area contributed by atoms with Crippen molar-refractivity contribution in [3.63, 3.8) is 0 Å². The highest BCUT2D eigenvalue weighted by Crippen LogP contribution is 2.17. The first kappa shape index (κ1) is 17.2. The first-order valence-electron chi connectivity index (χ1n) is 9.16. The van der Waals surface area contributed by atoms with Crippen LogP contribution in [0.3, 0.4) is 0 Å². The maximum atomic E-state index is 4.42. The smallest absolute Gasteiger partial charge is 0.191 e. The molecule has 1 aromatic carbocycles. The molecule has 0 bridgehead atoms. The van der Waals surface area contributed by atoms with Crippen molar-refractivity contribution < 1.29 is 0 Å². The maximum absolute atomic E-state index is 4.42. The Morgan fingerprint density at radius 1 is 1.22 bits per heavy atom. The third-order valence-electron chi connectivity index (χ3n) is 4.72. The quantitative estimate of drug-likeness (QED) is 0.549. The minimum Gasteiger partial charge on any atom is -0.352 e. The number of nitrogens with zero attached hydrogens (tertiary/aromatic N) is 5. The highest BCUT2D eigenvalue weighted by molar-refractivity contribution is 5.80. The van der Waals surface area contributed by atoms with E-state index in [2.05, 4.69) is 55.0 Å². The summed E-state index contributed by atoms with van der Waals surface area (Å²) in [5, 5.41) is 11.2. The molecule has 2 aromatic heterocycles. The molecule has 0 fully saturated rings. The van der Waals surface area contributed by atoms with Gasteiger partial charge in [0, 0.05) is 37.8 Å². The van der Waals surface area contributed by atoms with Crippen molar-refractivity contribution in [2.75, 3.05) is 7.05 Å². The van der Waals surface area contributed by atoms with Crippen LogP contribution in [-0.2, 0) is 19.5 Å². The molecule has 27 heavy (non-hydrogen) atoms. The van der Waals surface area contributed by atoms with Crippen LogP contribution < -0.4 is 10.6 Å². The lowest BCUT2D eigenvalue weighted by Crippen LogP contribution is -2.46. The number of aromatic nitrogens is 4. The summed E-state index contributed by atoms with van der Waals surface area (Å²) in [7, 11) is 1.80. The van der Waals surface area contributed by atoms with E-state index < -0.39 is 0 Å². The lowest BCUT2D eigenvalue weighted by atomic mass is 10.1. The number of fused-ring (bicyclic) bond motifs is 1. The number of hydrogen-bond acceptors (Lipinski definition) is 4. The van der Waals surface area contributed by atoms with Crippen LogP contribution in [0, 0.1) is 0 Å². The van der Waals surface area contributed by atoms with Crippen molar-refractivity contribution in [2.24, 2.45) is 4.99 Å². The number of nitrogens with one attached hydrogen (secondary N) is 2. The predicted molar refractivity (Wildman–Crippen MR) is 105 cm³/mol. The maximum Gasteiger partial charge on any atom is 0.191 e. The van der Waals surface area contributed by atoms with Crippen LogP contribution in [-0.4, -0.2) is 38.8 Å². The minimum absolute atomic E-state index is 0.297. The topological polar surface area (TPSA) is 80.0 Å². The van der Waals surface area contributed by atoms with Crippen LogP contribution in [0.2, 0.25) is 0 Å². The monoisotopic (exact) mass is 361 g/mol. The van der Waals surface area contributed by atoms with Gasteiger partial charge in [-0.15, -0.1) is 0 Å². The second-order valence-electron chi connectivity index (χ2n) is 6.58. The van der Waals surface area contributed by atoms with E-state index in [0.717, 1.165) is 42.4 Å². The molecule has 1 aliphatic rings. The molecule has 4 rings (SSSR count). The molecule has 138 valence electrons. The molecule has 1 unspecified atom stereocenters. The zero-order chi connectivity index (χ0) is 18.5. The van der Waals surface area contributed by atoms with Crippen LogP contribution in [0.1, 0.15) is 17.8 Å². The molecular formula is C20H23N7. The van der Waals surface area contributed by atoms with Gasteiger partial charge in [0.25, 0.3) is 0 Å². The Kier molecular flexibility index (Phi) is 5.09. The van der Waals surface area contributed by atoms with Crippen molar-refractivity contribution in [3.8, 4) is 11.3 Å². The van der Waals surface area contributed by atoms with E-state index in [4.69, 9.17) is 0 Å². The summed E-state index contributed by atoms with van der Waals surface area (Å²) in [5.74, 6) is 1.86. The van der Waals surface area contributed by atoms with Crippen LogP contribution >= 0.6 is 0 Å². The number of hydrogen-bond donors (Lipinski definition) is 2. The number of aryl methyl sites for hydroxylation is 1. The zero-order valence-corrected chi connectivity index (χ0v) is 15.3. The molecule has 2 N–H and O–H groups in total. The fourth-order valence-corrected chi connectivity index (χ4v) is 3.30. The van der Waals surface area contributed by atoms with Gasteiger partial charge in [-0.25, -0.2) is 9.67 Å². The van der Waals surface area contributed by atoms with Crippen LogP contribution in [0.15, 0.2) is 60.0 Å². The largest absolute Gasteiger partial charge is 0.352 e. The number of pyridine rings is 1. The summed E-state index contributed by atoms with van der Waals surface area (Å²) in [6.07, 6.45) is 5.39. The standard InChI is InChI=1S/C20H23N7/c1-21-20(26-17-8-9-19-24-14-25-27(19)13-17)23-12-15-5-4-6-16(11-15)18-7-2-3-10-22-18/h2-7,10-11,14,17H,8-9,12-13H2,1H3,(H2,21,23,26). The highest BCUT2D eigenvalue weighted by atomic mass is 15.4. The lowest BCUT2D eigenvalue weighted by Gasteiger charge is -2.25. The van der Waals surface area contributed by atoms with Gasteiger partial charge in [-0.2, -0.15) is 5.10 Å². The molecule has 0 saturated carbocycles. The summed E-state index contributed by atoms with van der Waals surface area (Å²) in [6.45, 7) is 1.51. The van der Waals surface area contributed by atoms with Gasteiger partial charge >= 0.3 is 0 Å². The third-order valence-corrected chi connectivity index (χ3v) is 4.72. The van der Waals surface area contributed by atoms with Crippen LogP contribution in [0.5, 0.6) is 0 Å². The molecule has 1 aliphatic heterocycles. The highest BCUT2D eigenvalue weighted by Gasteiger charge is 2.20. The van der Waals surface area contributed by atoms with E-state index >= 15 is 0 Å². The van der Waals surface area contributed by atoms with E-state index in [1.54, 1.807) is 13.4 Å². The molecule has 0 aliphatic carbocycles. The summed E-state index contributed by atoms with van der Waals surface area (Å²) < 4.78 is 1.96. The first-order chi connectivity index (χ1) is 13.3. The summed E-state index contributed by atoms with van der Waals surface area (Å²) in [6, 6.07) is 14.7. The van der Waals surface area contributed by atoms with Crippen molar-refractivity contribution in [1.82, 2.24) is 30.4 Å². The van der Waals surface area contributed by atoms with E-state index in [0.29, 0.717) is 12.6 Å². The fraction of sp³-hybridized carbons (Fsp3) is 0.300. The van der Waals surface area contributed by atoms with Gasteiger partial charge in [0.15, 0.2) is 5.96 Å². The molecule has 0 amide bonds. The predicted octanol–water partition coefficient (Wildman–Crippen LogP) is 2.02. The number of guanidine groups is 1. The molecular weight excluding hydrogens is 338 g/mol. The Morgan fingerprint density at radius 2 is 2.19 bits per heavy atom.